The first-order valence-electron chi connectivity index (χ1n) is 8.19. The van der Waals surface area contributed by atoms with Gasteiger partial charge in [0.25, 0.3) is 0 Å². The first kappa shape index (κ1) is 17.8. The van der Waals surface area contributed by atoms with Crippen molar-refractivity contribution in [1.82, 2.24) is 4.90 Å². The largest absolute Gasteiger partial charge is 0.471 e. The quantitative estimate of drug-likeness (QED) is 0.728. The second kappa shape index (κ2) is 5.75. The highest BCUT2D eigenvalue weighted by molar-refractivity contribution is 5.89. The maximum Gasteiger partial charge on any atom is 0.471 e. The average molecular weight is 355 g/mol. The highest BCUT2D eigenvalue weighted by Crippen LogP contribution is 2.49. The van der Waals surface area contributed by atoms with Crippen molar-refractivity contribution in [2.75, 3.05) is 13.7 Å². The van der Waals surface area contributed by atoms with Gasteiger partial charge in [0, 0.05) is 12.6 Å². The van der Waals surface area contributed by atoms with Crippen molar-refractivity contribution in [3.63, 3.8) is 0 Å². The second-order valence-corrected chi connectivity index (χ2v) is 7.09. The number of hydrogen-bond acceptors (Lipinski definition) is 3. The molecule has 1 aliphatic carbocycles. The van der Waals surface area contributed by atoms with Crippen LogP contribution >= 0.6 is 0 Å². The van der Waals surface area contributed by atoms with Gasteiger partial charge in [0.2, 0.25) is 0 Å². The van der Waals surface area contributed by atoms with Crippen LogP contribution in [0.15, 0.2) is 18.2 Å². The smallest absolute Gasteiger partial charge is 0.465 e. The number of esters is 1. The number of likely N-dealkylation sites (tertiary alicyclic amines) is 1. The predicted octanol–water partition coefficient (Wildman–Crippen LogP) is 3.09. The van der Waals surface area contributed by atoms with Crippen molar-refractivity contribution in [2.24, 2.45) is 5.92 Å². The first-order chi connectivity index (χ1) is 11.6. The van der Waals surface area contributed by atoms with Gasteiger partial charge in [-0.2, -0.15) is 13.2 Å². The normalized spacial score (nSPS) is 28.3. The molecule has 4 nitrogen and oxygen atoms in total. The number of methoxy groups -OCH3 is 1. The van der Waals surface area contributed by atoms with Crippen LogP contribution in [0.3, 0.4) is 0 Å². The fourth-order valence-electron chi connectivity index (χ4n) is 4.28. The number of amides is 1. The van der Waals surface area contributed by atoms with E-state index in [1.54, 1.807) is 18.2 Å². The van der Waals surface area contributed by atoms with E-state index < -0.39 is 24.1 Å². The molecule has 1 heterocycles. The Morgan fingerprint density at radius 2 is 2.00 bits per heavy atom. The van der Waals surface area contributed by atoms with Crippen LogP contribution in [0.2, 0.25) is 0 Å². The lowest BCUT2D eigenvalue weighted by Crippen LogP contribution is -2.61. The van der Waals surface area contributed by atoms with Crippen molar-refractivity contribution >= 4 is 11.9 Å². The third kappa shape index (κ3) is 2.69. The van der Waals surface area contributed by atoms with Crippen LogP contribution in [-0.2, 0) is 21.4 Å². The number of rotatable bonds is 1. The molecular weight excluding hydrogens is 335 g/mol. The SMILES string of the molecule is COC(=O)c1ccc2c(c1)[C@]1(C)CCN(C(=O)C(F)(F)F)C(C2)C1C. The summed E-state index contributed by atoms with van der Waals surface area (Å²) >= 11 is 0. The van der Waals surface area contributed by atoms with E-state index in [9.17, 15) is 22.8 Å². The summed E-state index contributed by atoms with van der Waals surface area (Å²) < 4.78 is 43.5. The number of nitrogens with zero attached hydrogens (tertiary/aromatic N) is 1. The Morgan fingerprint density at radius 1 is 1.32 bits per heavy atom. The van der Waals surface area contributed by atoms with E-state index >= 15 is 0 Å². The zero-order valence-corrected chi connectivity index (χ0v) is 14.3. The molecule has 1 amide bonds. The predicted molar refractivity (Wildman–Crippen MR) is 84.2 cm³/mol. The molecule has 1 aromatic rings. The van der Waals surface area contributed by atoms with Crippen LogP contribution < -0.4 is 0 Å². The molecule has 1 saturated heterocycles. The van der Waals surface area contributed by atoms with E-state index in [0.717, 1.165) is 16.0 Å². The van der Waals surface area contributed by atoms with Gasteiger partial charge in [-0.15, -0.1) is 0 Å². The maximum atomic E-state index is 12.9. The summed E-state index contributed by atoms with van der Waals surface area (Å²) in [7, 11) is 1.31. The lowest BCUT2D eigenvalue weighted by Gasteiger charge is -2.54. The van der Waals surface area contributed by atoms with Crippen molar-refractivity contribution in [3.8, 4) is 0 Å². The molecule has 0 saturated carbocycles. The zero-order valence-electron chi connectivity index (χ0n) is 14.3. The standard InChI is InChI=1S/C18H20F3NO3/c1-10-14-9-11-4-5-12(15(23)25-3)8-13(11)17(10,2)6-7-22(14)16(24)18(19,20)21/h4-5,8,10,14H,6-7,9H2,1-3H3/t10?,14?,17-/m1/s1. The van der Waals surface area contributed by atoms with E-state index in [0.29, 0.717) is 18.4 Å². The highest BCUT2D eigenvalue weighted by atomic mass is 19.4. The van der Waals surface area contributed by atoms with Gasteiger partial charge in [0.05, 0.1) is 12.7 Å². The van der Waals surface area contributed by atoms with E-state index in [1.807, 2.05) is 13.8 Å². The van der Waals surface area contributed by atoms with E-state index in [4.69, 9.17) is 4.74 Å². The fraction of sp³-hybridized carbons (Fsp3) is 0.556. The average Bonchev–Trinajstić information content (AvgIpc) is 2.56. The Morgan fingerprint density at radius 3 is 2.60 bits per heavy atom. The van der Waals surface area contributed by atoms with Gasteiger partial charge in [-0.3, -0.25) is 4.79 Å². The molecule has 0 N–H and O–H groups in total. The Labute approximate surface area is 143 Å². The van der Waals surface area contributed by atoms with Gasteiger partial charge in [0.15, 0.2) is 0 Å². The summed E-state index contributed by atoms with van der Waals surface area (Å²) in [6.45, 7) is 3.94. The number of benzene rings is 1. The van der Waals surface area contributed by atoms with E-state index in [1.165, 1.54) is 7.11 Å². The number of hydrogen-bond donors (Lipinski definition) is 0. The molecule has 1 aromatic carbocycles. The summed E-state index contributed by atoms with van der Waals surface area (Å²) in [5, 5.41) is 0. The minimum Gasteiger partial charge on any atom is -0.465 e. The van der Waals surface area contributed by atoms with Gasteiger partial charge in [-0.05, 0) is 47.4 Å². The van der Waals surface area contributed by atoms with Gasteiger partial charge in [-0.1, -0.05) is 19.9 Å². The van der Waals surface area contributed by atoms with E-state index in [-0.39, 0.29) is 17.9 Å². The van der Waals surface area contributed by atoms with Crippen LogP contribution in [0.25, 0.3) is 0 Å². The lowest BCUT2D eigenvalue weighted by atomic mass is 9.59. The first-order valence-corrected chi connectivity index (χ1v) is 8.19. The van der Waals surface area contributed by atoms with Crippen LogP contribution in [0.1, 0.15) is 41.8 Å². The molecule has 3 atom stereocenters. The molecule has 2 unspecified atom stereocenters. The molecule has 7 heteroatoms. The summed E-state index contributed by atoms with van der Waals surface area (Å²) in [5.41, 5.74) is 1.91. The Bertz CT molecular complexity index is 731. The highest BCUT2D eigenvalue weighted by Gasteiger charge is 2.54. The number of carbonyl (C=O) groups is 2. The number of fused-ring (bicyclic) bond motifs is 4. The number of piperidine rings is 1. The molecule has 3 rings (SSSR count). The molecule has 1 aliphatic heterocycles. The third-order valence-electron chi connectivity index (χ3n) is 5.93. The van der Waals surface area contributed by atoms with Crippen LogP contribution in [0.5, 0.6) is 0 Å². The van der Waals surface area contributed by atoms with Crippen LogP contribution in [0.4, 0.5) is 13.2 Å². The fourth-order valence-corrected chi connectivity index (χ4v) is 4.28. The summed E-state index contributed by atoms with van der Waals surface area (Å²) in [6.07, 6.45) is -4.08. The molecule has 1 fully saturated rings. The Hall–Kier alpha value is -2.05. The number of alkyl halides is 3. The Balaban J connectivity index is 2.02. The number of halogens is 3. The summed E-state index contributed by atoms with van der Waals surface area (Å²) in [6, 6.07) is 4.68. The molecule has 2 aliphatic rings. The molecule has 0 radical (unpaired) electrons. The maximum absolute atomic E-state index is 12.9. The minimum absolute atomic E-state index is 0.0613. The number of ether oxygens (including phenoxy) is 1. The van der Waals surface area contributed by atoms with Gasteiger partial charge >= 0.3 is 18.1 Å². The molecule has 0 aromatic heterocycles. The van der Waals surface area contributed by atoms with Gasteiger partial charge in [0.1, 0.15) is 0 Å². The van der Waals surface area contributed by atoms with E-state index in [2.05, 4.69) is 0 Å². The van der Waals surface area contributed by atoms with Crippen LogP contribution in [-0.4, -0.2) is 42.6 Å². The van der Waals surface area contributed by atoms with Crippen LogP contribution in [0, 0.1) is 5.92 Å². The minimum atomic E-state index is -4.86. The van der Waals surface area contributed by atoms with Crippen molar-refractivity contribution in [3.05, 3.63) is 34.9 Å². The molecule has 0 spiro atoms. The van der Waals surface area contributed by atoms with Crippen molar-refractivity contribution in [2.45, 2.75) is 44.3 Å². The zero-order chi connectivity index (χ0) is 18.6. The summed E-state index contributed by atoms with van der Waals surface area (Å²) in [4.78, 5) is 24.6. The molecular formula is C18H20F3NO3. The molecule has 136 valence electrons. The number of carbonyl (C=O) groups excluding carboxylic acids is 2. The summed E-state index contributed by atoms with van der Waals surface area (Å²) in [5.74, 6) is -2.35. The third-order valence-corrected chi connectivity index (χ3v) is 5.93. The van der Waals surface area contributed by atoms with Gasteiger partial charge < -0.3 is 9.64 Å². The topological polar surface area (TPSA) is 46.6 Å². The van der Waals surface area contributed by atoms with Gasteiger partial charge in [-0.25, -0.2) is 4.79 Å². The molecule has 25 heavy (non-hydrogen) atoms. The Kier molecular flexibility index (Phi) is 4.08. The van der Waals surface area contributed by atoms with Crippen molar-refractivity contribution in [1.29, 1.82) is 0 Å². The second-order valence-electron chi connectivity index (χ2n) is 7.09. The molecule has 2 bridgehead atoms. The lowest BCUT2D eigenvalue weighted by molar-refractivity contribution is -0.192. The van der Waals surface area contributed by atoms with Crippen molar-refractivity contribution < 1.29 is 27.5 Å². The monoisotopic (exact) mass is 355 g/mol.